The molecule has 0 atom stereocenters. The third-order valence-corrected chi connectivity index (χ3v) is 7.57. The number of halogens is 3. The average molecular weight is 930 g/mol. The fourth-order valence-electron chi connectivity index (χ4n) is 3.77. The Bertz CT molecular complexity index is 1930. The molecule has 0 aliphatic carbocycles. The smallest absolute Gasteiger partial charge is 1.00 e. The number of nitrogens with one attached hydrogen (secondary N) is 1. The zero-order valence-electron chi connectivity index (χ0n) is 28.4. The molecule has 0 spiro atoms. The number of carbonyl (C=O) groups excluding carboxylic acids is 1. The van der Waals surface area contributed by atoms with Gasteiger partial charge in [0, 0.05) is 14.3 Å². The topological polar surface area (TPSA) is 135 Å². The molecule has 2 heterocycles. The minimum absolute atomic E-state index is 0. The molecule has 0 bridgehead atoms. The zero-order chi connectivity index (χ0) is 35.3. The SMILES string of the molecule is BrCc1cccc(Br)c1.O=CO[O-].[C-]#[N+]c1ccc(N(Cc2cccc(Br)c2)n2cnnc2)cc1.[C-]#[N+]c1ccc(Nn2cnnc2)cc1.[H-].[K+].[K+]. The maximum atomic E-state index is 8.64. The third kappa shape index (κ3) is 18.0. The van der Waals surface area contributed by atoms with Crippen LogP contribution in [0.25, 0.3) is 9.69 Å². The van der Waals surface area contributed by atoms with Crippen LogP contribution in [-0.2, 0) is 21.6 Å². The molecule has 18 heteroatoms. The van der Waals surface area contributed by atoms with E-state index in [1.54, 1.807) is 54.3 Å². The molecule has 0 unspecified atom stereocenters. The molecule has 250 valence electrons. The summed E-state index contributed by atoms with van der Waals surface area (Å²) in [6, 6.07) is 31.0. The van der Waals surface area contributed by atoms with Crippen molar-refractivity contribution in [3.63, 3.8) is 0 Å². The van der Waals surface area contributed by atoms with E-state index in [9.17, 15) is 0 Å². The molecule has 2 aromatic heterocycles. The Morgan fingerprint density at radius 1 is 0.784 bits per heavy atom. The fraction of sp³-hybridized carbons (Fsp3) is 0.0606. The Kier molecular flexibility index (Phi) is 25.3. The maximum absolute atomic E-state index is 8.64. The Balaban J connectivity index is 0.000000748. The summed E-state index contributed by atoms with van der Waals surface area (Å²) in [5, 5.41) is 26.4. The van der Waals surface area contributed by atoms with Crippen molar-refractivity contribution in [1.29, 1.82) is 0 Å². The predicted octanol–water partition coefficient (Wildman–Crippen LogP) is 1.66. The average Bonchev–Trinajstić information content (AvgIpc) is 3.87. The van der Waals surface area contributed by atoms with E-state index in [1.807, 2.05) is 58.2 Å². The van der Waals surface area contributed by atoms with Crippen molar-refractivity contribution >= 4 is 77.0 Å². The van der Waals surface area contributed by atoms with Gasteiger partial charge in [0.2, 0.25) is 0 Å². The second-order valence-corrected chi connectivity index (χ2v) is 11.6. The molecule has 4 aromatic carbocycles. The molecule has 13 nitrogen and oxygen atoms in total. The molecule has 0 saturated heterocycles. The van der Waals surface area contributed by atoms with Crippen molar-refractivity contribution < 1.29 is 119 Å². The van der Waals surface area contributed by atoms with Gasteiger partial charge in [-0.2, -0.15) is 0 Å². The normalized spacial score (nSPS) is 9.06. The monoisotopic (exact) mass is 926 g/mol. The second kappa shape index (κ2) is 27.5. The van der Waals surface area contributed by atoms with E-state index >= 15 is 0 Å². The van der Waals surface area contributed by atoms with Crippen LogP contribution >= 0.6 is 47.8 Å². The molecule has 0 aliphatic rings. The Hall–Kier alpha value is -2.12. The molecule has 0 radical (unpaired) electrons. The largest absolute Gasteiger partial charge is 1.00 e. The van der Waals surface area contributed by atoms with Gasteiger partial charge >= 0.3 is 103 Å². The van der Waals surface area contributed by atoms with Crippen LogP contribution in [-0.4, -0.2) is 36.2 Å². The van der Waals surface area contributed by atoms with Crippen molar-refractivity contribution in [2.45, 2.75) is 11.9 Å². The summed E-state index contributed by atoms with van der Waals surface area (Å²) in [5.74, 6) is 0. The minimum Gasteiger partial charge on any atom is -1.00 e. The van der Waals surface area contributed by atoms with Gasteiger partial charge in [0.15, 0.2) is 11.4 Å². The second-order valence-electron chi connectivity index (χ2n) is 9.25. The summed E-state index contributed by atoms with van der Waals surface area (Å²) in [6.45, 7) is 14.3. The van der Waals surface area contributed by atoms with Crippen LogP contribution in [0, 0.1) is 13.1 Å². The van der Waals surface area contributed by atoms with Crippen LogP contribution < -0.4 is 118 Å². The van der Waals surface area contributed by atoms with Crippen LogP contribution in [0.5, 0.6) is 0 Å². The van der Waals surface area contributed by atoms with E-state index in [-0.39, 0.29) is 111 Å². The van der Waals surface area contributed by atoms with Crippen molar-refractivity contribution in [2.24, 2.45) is 0 Å². The Morgan fingerprint density at radius 3 is 1.71 bits per heavy atom. The van der Waals surface area contributed by atoms with Crippen molar-refractivity contribution in [3.8, 4) is 0 Å². The van der Waals surface area contributed by atoms with E-state index in [0.717, 1.165) is 31.2 Å². The van der Waals surface area contributed by atoms with Gasteiger partial charge in [-0.1, -0.05) is 96.3 Å². The van der Waals surface area contributed by atoms with E-state index in [4.69, 9.17) is 23.2 Å². The fourth-order valence-corrected chi connectivity index (χ4v) is 5.01. The van der Waals surface area contributed by atoms with Crippen LogP contribution in [0.3, 0.4) is 0 Å². The molecule has 51 heavy (non-hydrogen) atoms. The Labute approximate surface area is 407 Å². The number of alkyl halides is 1. The first-order valence-corrected chi connectivity index (χ1v) is 16.6. The number of hydrogen-bond acceptors (Lipinski definition) is 9. The first kappa shape index (κ1) is 46.9. The Morgan fingerprint density at radius 2 is 1.25 bits per heavy atom. The molecule has 0 amide bonds. The van der Waals surface area contributed by atoms with Crippen LogP contribution in [0.2, 0.25) is 0 Å². The third-order valence-electron chi connectivity index (χ3n) is 5.94. The van der Waals surface area contributed by atoms with Crippen LogP contribution in [0.4, 0.5) is 22.7 Å². The van der Waals surface area contributed by atoms with Gasteiger partial charge in [-0.25, -0.2) is 19.0 Å². The summed E-state index contributed by atoms with van der Waals surface area (Å²) in [4.78, 5) is 18.0. The molecule has 1 N–H and O–H groups in total. The molecule has 0 aliphatic heterocycles. The molecule has 6 rings (SSSR count). The van der Waals surface area contributed by atoms with E-state index in [2.05, 4.69) is 112 Å². The summed E-state index contributed by atoms with van der Waals surface area (Å²) < 4.78 is 5.64. The van der Waals surface area contributed by atoms with Gasteiger partial charge in [-0.15, -0.1) is 20.4 Å². The standard InChI is InChI=1S/C16H12BrN5.C9H7N5.C7H6Br2.CH2O3.2K.H/c1-18-15-5-7-16(8-6-15)22(21-11-19-20-12-21)10-13-3-2-4-14(17)9-13;1-10-8-2-4-9(5-3-8)13-14-6-11-12-7-14;8-5-6-2-1-3-7(9)4-6;2-1-4-3;;;/h2-9,11-12H,10H2;2-7,13H;1-4H,5H2;1,3H;;;/q;;;;2*+1;-1/p-1. The summed E-state index contributed by atoms with van der Waals surface area (Å²) >= 11 is 10.2. The van der Waals surface area contributed by atoms with E-state index < -0.39 is 0 Å². The summed E-state index contributed by atoms with van der Waals surface area (Å²) in [6.07, 6.45) is 6.42. The van der Waals surface area contributed by atoms with Crippen molar-refractivity contribution in [3.05, 3.63) is 165 Å². The van der Waals surface area contributed by atoms with Crippen LogP contribution in [0.15, 0.2) is 131 Å². The van der Waals surface area contributed by atoms with Crippen molar-refractivity contribution in [2.75, 3.05) is 10.4 Å². The number of carbonyl (C=O) groups is 1. The number of hydrogen-bond donors (Lipinski definition) is 1. The molecular formula is C33H27Br3K2N10O3. The number of anilines is 2. The minimum atomic E-state index is -0.181. The van der Waals surface area contributed by atoms with Crippen LogP contribution in [0.1, 0.15) is 12.6 Å². The van der Waals surface area contributed by atoms with E-state index in [0.29, 0.717) is 17.9 Å². The number of aromatic nitrogens is 6. The van der Waals surface area contributed by atoms with Gasteiger partial charge in [0.05, 0.1) is 31.1 Å². The molecule has 6 aromatic rings. The molecule has 0 fully saturated rings. The quantitative estimate of drug-likeness (QED) is 0.0605. The molecular weight excluding hydrogens is 902 g/mol. The van der Waals surface area contributed by atoms with Crippen molar-refractivity contribution in [1.82, 2.24) is 29.7 Å². The van der Waals surface area contributed by atoms with Gasteiger partial charge < -0.3 is 11.6 Å². The van der Waals surface area contributed by atoms with Gasteiger partial charge in [0.25, 0.3) is 6.47 Å². The summed E-state index contributed by atoms with van der Waals surface area (Å²) in [7, 11) is 0. The first-order chi connectivity index (χ1) is 23.9. The zero-order valence-corrected chi connectivity index (χ0v) is 38.4. The van der Waals surface area contributed by atoms with Gasteiger partial charge in [-0.05, 0) is 59.7 Å². The van der Waals surface area contributed by atoms with E-state index in [1.165, 1.54) is 5.56 Å². The predicted molar refractivity (Wildman–Crippen MR) is 195 cm³/mol. The first-order valence-electron chi connectivity index (χ1n) is 13.8. The number of nitrogens with zero attached hydrogens (tertiary/aromatic N) is 9. The maximum Gasteiger partial charge on any atom is 1.00 e. The number of rotatable bonds is 8. The van der Waals surface area contributed by atoms with Gasteiger partial charge in [0.1, 0.15) is 25.3 Å². The summed E-state index contributed by atoms with van der Waals surface area (Å²) in [5.41, 5.74) is 8.57. The number of benzene rings is 4. The van der Waals surface area contributed by atoms with Gasteiger partial charge in [-0.3, -0.25) is 15.2 Å². The molecule has 0 saturated carbocycles.